The first kappa shape index (κ1) is 39.8. The molecule has 2 nitrogen and oxygen atoms in total. The summed E-state index contributed by atoms with van der Waals surface area (Å²) in [6, 6.07) is 42.5. The van der Waals surface area contributed by atoms with Gasteiger partial charge < -0.3 is 0 Å². The minimum atomic E-state index is 0. The van der Waals surface area contributed by atoms with Crippen LogP contribution in [0.15, 0.2) is 121 Å². The van der Waals surface area contributed by atoms with E-state index in [-0.39, 0.29) is 52.1 Å². The fraction of sp³-hybridized carbons (Fsp3) is 0.250. The molecule has 4 rings (SSSR count). The predicted molar refractivity (Wildman–Crippen MR) is 183 cm³/mol. The summed E-state index contributed by atoms with van der Waals surface area (Å²) in [7, 11) is 0.418. The van der Waals surface area contributed by atoms with Crippen molar-refractivity contribution >= 4 is 52.9 Å². The summed E-state index contributed by atoms with van der Waals surface area (Å²) in [5, 5.41) is 17.9. The number of rotatable bonds is 4. The van der Waals surface area contributed by atoms with Gasteiger partial charge in [0.25, 0.3) is 0 Å². The van der Waals surface area contributed by atoms with Crippen LogP contribution in [0.25, 0.3) is 0 Å². The van der Waals surface area contributed by atoms with Gasteiger partial charge in [-0.1, -0.05) is 153 Å². The molecule has 0 heterocycles. The van der Waals surface area contributed by atoms with Crippen molar-refractivity contribution in [1.82, 2.24) is 0 Å². The molecule has 0 fully saturated rings. The van der Waals surface area contributed by atoms with Crippen LogP contribution in [-0.4, -0.2) is 53.3 Å². The Balaban J connectivity index is 0. The zero-order valence-corrected chi connectivity index (χ0v) is 30.9. The molecule has 209 valence electrons. The fourth-order valence-electron chi connectivity index (χ4n) is 2.90. The van der Waals surface area contributed by atoms with Crippen LogP contribution in [-0.2, 0) is 20.4 Å². The van der Waals surface area contributed by atoms with Crippen LogP contribution in [0.2, 0.25) is 0 Å². The number of hydrogen-bond acceptors (Lipinski definition) is 2. The average Bonchev–Trinajstić information content (AvgIpc) is 2.97. The van der Waals surface area contributed by atoms with Gasteiger partial charge in [0, 0.05) is 31.2 Å². The van der Waals surface area contributed by atoms with Crippen molar-refractivity contribution in [3.8, 4) is 0 Å². The van der Waals surface area contributed by atoms with E-state index in [1.807, 2.05) is 0 Å². The van der Waals surface area contributed by atoms with Gasteiger partial charge in [0.1, 0.15) is 0 Å². The molecule has 0 spiro atoms. The molecule has 1 radical (unpaired) electrons. The van der Waals surface area contributed by atoms with Crippen LogP contribution in [0.3, 0.4) is 0 Å². The second-order valence-corrected chi connectivity index (χ2v) is 18.1. The Labute approximate surface area is 257 Å². The quantitative estimate of drug-likeness (QED) is 0.155. The topological polar surface area (TPSA) is 47.6 Å². The van der Waals surface area contributed by atoms with Crippen LogP contribution < -0.4 is 21.2 Å². The average molecular weight is 767 g/mol. The predicted octanol–water partition coefficient (Wildman–Crippen LogP) is 8.24. The Bertz CT molecular complexity index is 903. The molecule has 0 aromatic heterocycles. The fourth-order valence-corrected chi connectivity index (χ4v) is 5.98. The molecule has 0 aliphatic rings. The third kappa shape index (κ3) is 20.2. The van der Waals surface area contributed by atoms with Crippen LogP contribution >= 0.6 is 31.7 Å². The summed E-state index contributed by atoms with van der Waals surface area (Å²) in [4.78, 5) is 0. The van der Waals surface area contributed by atoms with E-state index in [1.165, 1.54) is 21.2 Å². The minimum Gasteiger partial charge on any atom is -0.0817 e. The summed E-state index contributed by atoms with van der Waals surface area (Å²) >= 11 is 0. The molecule has 0 atom stereocenters. The van der Waals surface area contributed by atoms with Crippen molar-refractivity contribution in [3.05, 3.63) is 121 Å². The number of nitrogens with zero attached hydrogens (tertiary/aromatic N) is 2. The van der Waals surface area contributed by atoms with Gasteiger partial charge in [-0.15, -0.1) is 0 Å². The second-order valence-electron chi connectivity index (χ2n) is 8.92. The second kappa shape index (κ2) is 25.6. The zero-order valence-electron chi connectivity index (χ0n) is 24.6. The van der Waals surface area contributed by atoms with Crippen molar-refractivity contribution < 1.29 is 20.4 Å². The van der Waals surface area contributed by atoms with Crippen molar-refractivity contribution in [3.63, 3.8) is 0 Å². The SMILES string of the molecule is CP(C)c1ccccc1.CP(C)c1ccccc1.CP(C)c1ccccc1.CP(C)c1ccccc1.N#N.[Re]. The van der Waals surface area contributed by atoms with Crippen LogP contribution in [0.4, 0.5) is 0 Å². The first-order valence-corrected chi connectivity index (χ1v) is 21.3. The van der Waals surface area contributed by atoms with E-state index in [0.717, 1.165) is 0 Å². The molecule has 0 aliphatic heterocycles. The van der Waals surface area contributed by atoms with E-state index in [2.05, 4.69) is 175 Å². The van der Waals surface area contributed by atoms with Crippen LogP contribution in [0.5, 0.6) is 0 Å². The monoisotopic (exact) mass is 767 g/mol. The molecule has 4 aromatic rings. The molecule has 0 aliphatic carbocycles. The smallest absolute Gasteiger partial charge is 0 e. The van der Waals surface area contributed by atoms with Gasteiger partial charge >= 0.3 is 0 Å². The minimum absolute atomic E-state index is 0. The van der Waals surface area contributed by atoms with E-state index in [9.17, 15) is 0 Å². The molecular formula is C32H44N2P4Re. The molecule has 0 saturated heterocycles. The maximum absolute atomic E-state index is 6.00. The Hall–Kier alpha value is -1.32. The van der Waals surface area contributed by atoms with E-state index >= 15 is 0 Å². The summed E-state index contributed by atoms with van der Waals surface area (Å²) in [6.45, 7) is 18.1. The van der Waals surface area contributed by atoms with E-state index in [0.29, 0.717) is 0 Å². The molecule has 7 heteroatoms. The van der Waals surface area contributed by atoms with Gasteiger partial charge in [-0.3, -0.25) is 0 Å². The molecule has 4 aromatic carbocycles. The Morgan fingerprint density at radius 2 is 0.436 bits per heavy atom. The Morgan fingerprint density at radius 3 is 0.513 bits per heavy atom. The summed E-state index contributed by atoms with van der Waals surface area (Å²) in [5.74, 6) is 0. The third-order valence-corrected chi connectivity index (χ3v) is 10.4. The van der Waals surface area contributed by atoms with Crippen LogP contribution in [0.1, 0.15) is 0 Å². The van der Waals surface area contributed by atoms with Crippen molar-refractivity contribution in [2.75, 3.05) is 53.3 Å². The Morgan fingerprint density at radius 1 is 0.308 bits per heavy atom. The first-order chi connectivity index (χ1) is 18.2. The molecule has 0 bridgehead atoms. The maximum atomic E-state index is 6.00. The van der Waals surface area contributed by atoms with Crippen molar-refractivity contribution in [1.29, 1.82) is 10.8 Å². The standard InChI is InChI=1S/4C8H11P.N2.Re/c4*1-9(2)8-6-4-3-5-7-8;1-2;/h4*3-7H,1-2H3;;. The van der Waals surface area contributed by atoms with Crippen molar-refractivity contribution in [2.45, 2.75) is 0 Å². The summed E-state index contributed by atoms with van der Waals surface area (Å²) < 4.78 is 0. The molecular weight excluding hydrogens is 722 g/mol. The Kier molecular flexibility index (Phi) is 26.2. The first-order valence-electron chi connectivity index (χ1n) is 12.3. The molecule has 39 heavy (non-hydrogen) atoms. The van der Waals surface area contributed by atoms with Gasteiger partial charge in [-0.05, 0) is 74.5 Å². The zero-order chi connectivity index (χ0) is 28.8. The summed E-state index contributed by atoms with van der Waals surface area (Å²) in [6.07, 6.45) is 0. The molecule has 0 unspecified atom stereocenters. The van der Waals surface area contributed by atoms with Gasteiger partial charge in [-0.2, -0.15) is 0 Å². The van der Waals surface area contributed by atoms with Gasteiger partial charge in [0.15, 0.2) is 0 Å². The number of benzene rings is 4. The van der Waals surface area contributed by atoms with Gasteiger partial charge in [-0.25, -0.2) is 0 Å². The molecule has 0 N–H and O–H groups in total. The maximum Gasteiger partial charge on any atom is 0 e. The summed E-state index contributed by atoms with van der Waals surface area (Å²) in [5.41, 5.74) is 0. The normalized spacial score (nSPS) is 9.38. The number of hydrogen-bond donors (Lipinski definition) is 0. The van der Waals surface area contributed by atoms with Crippen LogP contribution in [0, 0.1) is 10.8 Å². The molecule has 0 amide bonds. The van der Waals surface area contributed by atoms with Gasteiger partial charge in [0.05, 0.1) is 0 Å². The largest absolute Gasteiger partial charge is 0.0817 e. The van der Waals surface area contributed by atoms with Gasteiger partial charge in [0.2, 0.25) is 0 Å². The van der Waals surface area contributed by atoms with E-state index in [1.54, 1.807) is 0 Å². The van der Waals surface area contributed by atoms with E-state index in [4.69, 9.17) is 10.8 Å². The van der Waals surface area contributed by atoms with E-state index < -0.39 is 0 Å². The van der Waals surface area contributed by atoms with Crippen molar-refractivity contribution in [2.24, 2.45) is 0 Å². The third-order valence-electron chi connectivity index (χ3n) is 5.09. The molecule has 0 saturated carbocycles.